The summed E-state index contributed by atoms with van der Waals surface area (Å²) in [7, 11) is 0. The molecule has 0 saturated carbocycles. The number of carbonyl (C=O) groups excluding carboxylic acids is 1. The summed E-state index contributed by atoms with van der Waals surface area (Å²) in [5, 5.41) is 2.83. The van der Waals surface area contributed by atoms with Crippen molar-refractivity contribution in [3.05, 3.63) is 46.9 Å². The molecule has 0 aliphatic heterocycles. The lowest BCUT2D eigenvalue weighted by atomic mass is 10.2. The molecule has 0 bridgehead atoms. The van der Waals surface area contributed by atoms with Gasteiger partial charge in [0.25, 0.3) is 5.91 Å². The molecule has 0 spiro atoms. The molecule has 5 heteroatoms. The highest BCUT2D eigenvalue weighted by molar-refractivity contribution is 6.32. The van der Waals surface area contributed by atoms with Crippen LogP contribution < -0.4 is 10.1 Å². The average Bonchev–Trinajstić information content (AvgIpc) is 2.79. The Morgan fingerprint density at radius 3 is 2.84 bits per heavy atom. The fourth-order valence-electron chi connectivity index (χ4n) is 1.65. The predicted molar refractivity (Wildman–Crippen MR) is 74.0 cm³/mol. The van der Waals surface area contributed by atoms with Gasteiger partial charge in [0.1, 0.15) is 5.75 Å². The van der Waals surface area contributed by atoms with Crippen LogP contribution in [0, 0.1) is 6.92 Å². The zero-order valence-corrected chi connectivity index (χ0v) is 11.5. The number of carbonyl (C=O) groups is 1. The highest BCUT2D eigenvalue weighted by Gasteiger charge is 2.15. The summed E-state index contributed by atoms with van der Waals surface area (Å²) in [5.41, 5.74) is 1.96. The molecule has 4 nitrogen and oxygen atoms in total. The first-order valence-corrected chi connectivity index (χ1v) is 6.27. The molecular formula is C14H14ClNO3. The van der Waals surface area contributed by atoms with E-state index in [0.717, 1.165) is 5.56 Å². The molecule has 100 valence electrons. The van der Waals surface area contributed by atoms with Crippen molar-refractivity contribution in [1.82, 2.24) is 0 Å². The summed E-state index contributed by atoms with van der Waals surface area (Å²) in [5.74, 6) is 0.305. The number of aryl methyl sites for hydroxylation is 1. The second-order valence-electron chi connectivity index (χ2n) is 3.99. The van der Waals surface area contributed by atoms with Gasteiger partial charge in [0.2, 0.25) is 5.22 Å². The first-order chi connectivity index (χ1) is 9.11. The normalized spacial score (nSPS) is 10.3. The lowest BCUT2D eigenvalue weighted by Crippen LogP contribution is -2.12. The minimum Gasteiger partial charge on any atom is -0.492 e. The highest BCUT2D eigenvalue weighted by Crippen LogP contribution is 2.27. The van der Waals surface area contributed by atoms with E-state index in [1.807, 2.05) is 26.0 Å². The molecule has 0 aliphatic rings. The van der Waals surface area contributed by atoms with Crippen LogP contribution in [0.25, 0.3) is 0 Å². The van der Waals surface area contributed by atoms with E-state index in [-0.39, 0.29) is 11.1 Å². The number of hydrogen-bond acceptors (Lipinski definition) is 3. The third-order valence-electron chi connectivity index (χ3n) is 2.55. The predicted octanol–water partition coefficient (Wildman–Crippen LogP) is 3.89. The number of hydrogen-bond donors (Lipinski definition) is 1. The number of nitrogens with one attached hydrogen (secondary N) is 1. The van der Waals surface area contributed by atoms with E-state index in [1.165, 1.54) is 12.3 Å². The molecule has 2 rings (SSSR count). The number of rotatable bonds is 4. The van der Waals surface area contributed by atoms with Crippen LogP contribution in [-0.4, -0.2) is 12.5 Å². The highest BCUT2D eigenvalue weighted by atomic mass is 35.5. The molecule has 1 amide bonds. The molecule has 0 saturated heterocycles. The van der Waals surface area contributed by atoms with E-state index in [0.29, 0.717) is 23.6 Å². The van der Waals surface area contributed by atoms with Crippen LogP contribution in [0.1, 0.15) is 22.8 Å². The Morgan fingerprint density at radius 2 is 2.21 bits per heavy atom. The van der Waals surface area contributed by atoms with E-state index in [4.69, 9.17) is 20.8 Å². The molecule has 1 aromatic carbocycles. The van der Waals surface area contributed by atoms with Crippen LogP contribution in [0.4, 0.5) is 5.69 Å². The van der Waals surface area contributed by atoms with Gasteiger partial charge in [-0.05, 0) is 49.2 Å². The smallest absolute Gasteiger partial charge is 0.260 e. The monoisotopic (exact) mass is 279 g/mol. The fraction of sp³-hybridized carbons (Fsp3) is 0.214. The van der Waals surface area contributed by atoms with Crippen molar-refractivity contribution in [2.24, 2.45) is 0 Å². The Hall–Kier alpha value is -1.94. The van der Waals surface area contributed by atoms with Gasteiger partial charge < -0.3 is 14.5 Å². The van der Waals surface area contributed by atoms with E-state index >= 15 is 0 Å². The Balaban J connectivity index is 2.23. The van der Waals surface area contributed by atoms with Crippen molar-refractivity contribution in [3.8, 4) is 5.75 Å². The molecule has 2 aromatic rings. The Kier molecular flexibility index (Phi) is 4.12. The third-order valence-corrected chi connectivity index (χ3v) is 2.84. The third kappa shape index (κ3) is 3.09. The maximum Gasteiger partial charge on any atom is 0.260 e. The van der Waals surface area contributed by atoms with Gasteiger partial charge in [-0.15, -0.1) is 0 Å². The second-order valence-corrected chi connectivity index (χ2v) is 4.34. The van der Waals surface area contributed by atoms with Crippen LogP contribution in [0.3, 0.4) is 0 Å². The summed E-state index contributed by atoms with van der Waals surface area (Å²) in [6.45, 7) is 4.38. The number of halogens is 1. The van der Waals surface area contributed by atoms with Crippen LogP contribution >= 0.6 is 11.6 Å². The molecule has 0 radical (unpaired) electrons. The van der Waals surface area contributed by atoms with Gasteiger partial charge in [-0.1, -0.05) is 6.07 Å². The Bertz CT molecular complexity index is 592. The molecule has 0 aliphatic carbocycles. The van der Waals surface area contributed by atoms with Gasteiger partial charge in [-0.25, -0.2) is 0 Å². The molecule has 1 heterocycles. The summed E-state index contributed by atoms with van der Waals surface area (Å²) in [6.07, 6.45) is 1.37. The summed E-state index contributed by atoms with van der Waals surface area (Å²) < 4.78 is 10.4. The van der Waals surface area contributed by atoms with Gasteiger partial charge in [-0.3, -0.25) is 4.79 Å². The molecular weight excluding hydrogens is 266 g/mol. The average molecular weight is 280 g/mol. The van der Waals surface area contributed by atoms with Crippen molar-refractivity contribution in [1.29, 1.82) is 0 Å². The lowest BCUT2D eigenvalue weighted by Gasteiger charge is -2.11. The van der Waals surface area contributed by atoms with Gasteiger partial charge in [0, 0.05) is 0 Å². The van der Waals surface area contributed by atoms with Crippen LogP contribution in [-0.2, 0) is 0 Å². The van der Waals surface area contributed by atoms with Crippen molar-refractivity contribution >= 4 is 23.2 Å². The summed E-state index contributed by atoms with van der Waals surface area (Å²) in [4.78, 5) is 12.0. The number of benzene rings is 1. The van der Waals surface area contributed by atoms with Crippen LogP contribution in [0.5, 0.6) is 5.75 Å². The zero-order valence-electron chi connectivity index (χ0n) is 10.7. The Morgan fingerprint density at radius 1 is 1.42 bits per heavy atom. The van der Waals surface area contributed by atoms with E-state index in [1.54, 1.807) is 6.07 Å². The van der Waals surface area contributed by atoms with Gasteiger partial charge in [0.15, 0.2) is 0 Å². The lowest BCUT2D eigenvalue weighted by molar-refractivity contribution is 0.102. The first-order valence-electron chi connectivity index (χ1n) is 5.89. The number of amides is 1. The molecule has 0 unspecified atom stereocenters. The van der Waals surface area contributed by atoms with Crippen LogP contribution in [0.15, 0.2) is 34.9 Å². The molecule has 1 aromatic heterocycles. The first kappa shape index (κ1) is 13.5. The minimum absolute atomic E-state index is 0.0718. The minimum atomic E-state index is -0.330. The summed E-state index contributed by atoms with van der Waals surface area (Å²) in [6, 6.07) is 7.09. The number of anilines is 1. The molecule has 0 atom stereocenters. The molecule has 1 N–H and O–H groups in total. The quantitative estimate of drug-likeness (QED) is 0.924. The maximum atomic E-state index is 12.0. The second kappa shape index (κ2) is 5.80. The van der Waals surface area contributed by atoms with E-state index < -0.39 is 0 Å². The number of furan rings is 1. The van der Waals surface area contributed by atoms with Crippen molar-refractivity contribution in [2.45, 2.75) is 13.8 Å². The maximum absolute atomic E-state index is 12.0. The van der Waals surface area contributed by atoms with Crippen LogP contribution in [0.2, 0.25) is 5.22 Å². The number of ether oxygens (including phenoxy) is 1. The molecule has 0 fully saturated rings. The topological polar surface area (TPSA) is 51.5 Å². The Labute approximate surface area is 116 Å². The van der Waals surface area contributed by atoms with Gasteiger partial charge in [-0.2, -0.15) is 0 Å². The zero-order chi connectivity index (χ0) is 13.8. The van der Waals surface area contributed by atoms with Crippen molar-refractivity contribution in [3.63, 3.8) is 0 Å². The molecule has 19 heavy (non-hydrogen) atoms. The van der Waals surface area contributed by atoms with Gasteiger partial charge in [0.05, 0.1) is 24.1 Å². The van der Waals surface area contributed by atoms with E-state index in [2.05, 4.69) is 5.32 Å². The SMILES string of the molecule is CCOc1cc(C)ccc1NC(=O)c1ccoc1Cl. The van der Waals surface area contributed by atoms with Gasteiger partial charge >= 0.3 is 0 Å². The van der Waals surface area contributed by atoms with Crippen molar-refractivity contribution in [2.75, 3.05) is 11.9 Å². The fourth-order valence-corrected chi connectivity index (χ4v) is 1.85. The standard InChI is InChI=1S/C14H14ClNO3/c1-3-18-12-8-9(2)4-5-11(12)16-14(17)10-6-7-19-13(10)15/h4-8H,3H2,1-2H3,(H,16,17). The largest absolute Gasteiger partial charge is 0.492 e. The van der Waals surface area contributed by atoms with Crippen molar-refractivity contribution < 1.29 is 13.9 Å². The summed E-state index contributed by atoms with van der Waals surface area (Å²) >= 11 is 5.77. The van der Waals surface area contributed by atoms with E-state index in [9.17, 15) is 4.79 Å².